The number of thiazole rings is 1. The molecule has 0 aliphatic heterocycles. The second-order valence-corrected chi connectivity index (χ2v) is 8.71. The Morgan fingerprint density at radius 3 is 2.74 bits per heavy atom. The van der Waals surface area contributed by atoms with Crippen LogP contribution in [-0.2, 0) is 20.0 Å². The third kappa shape index (κ3) is 3.39. The minimum absolute atomic E-state index is 0.109. The zero-order valence-electron chi connectivity index (χ0n) is 12.9. The van der Waals surface area contributed by atoms with Gasteiger partial charge in [0.1, 0.15) is 5.75 Å². The van der Waals surface area contributed by atoms with Crippen LogP contribution in [0.15, 0.2) is 22.1 Å². The fourth-order valence-corrected chi connectivity index (χ4v) is 5.13. The minimum Gasteiger partial charge on any atom is -0.480 e. The Morgan fingerprint density at radius 1 is 1.30 bits per heavy atom. The van der Waals surface area contributed by atoms with Gasteiger partial charge >= 0.3 is 7.60 Å². The number of hydrogen-bond donors (Lipinski definition) is 0. The normalized spacial score (nSPS) is 13.0. The molecule has 1 aromatic heterocycles. The van der Waals surface area contributed by atoms with Crippen LogP contribution >= 0.6 is 34.9 Å². The summed E-state index contributed by atoms with van der Waals surface area (Å²) in [5, 5.41) is 0. The van der Waals surface area contributed by atoms with Gasteiger partial charge in [-0.15, -0.1) is 11.3 Å². The second kappa shape index (κ2) is 7.03. The van der Waals surface area contributed by atoms with Crippen LogP contribution in [0.5, 0.6) is 5.75 Å². The van der Waals surface area contributed by atoms with Crippen LogP contribution in [-0.4, -0.2) is 24.5 Å². The molecule has 0 saturated heterocycles. The number of aromatic nitrogens is 1. The predicted molar refractivity (Wildman–Crippen MR) is 94.4 cm³/mol. The highest BCUT2D eigenvalue weighted by Gasteiger charge is 2.30. The molecule has 5 nitrogen and oxygen atoms in total. The molecule has 2 aromatic rings. The first kappa shape index (κ1) is 17.1. The van der Waals surface area contributed by atoms with E-state index in [0.717, 1.165) is 27.7 Å². The summed E-state index contributed by atoms with van der Waals surface area (Å²) in [6, 6.07) is 3.80. The van der Waals surface area contributed by atoms with Crippen LogP contribution in [0.1, 0.15) is 24.3 Å². The van der Waals surface area contributed by atoms with Gasteiger partial charge in [-0.1, -0.05) is 15.9 Å². The summed E-state index contributed by atoms with van der Waals surface area (Å²) in [7, 11) is -3.24. The number of halogens is 1. The number of ether oxygens (including phenoxy) is 1. The molecule has 8 heteroatoms. The van der Waals surface area contributed by atoms with E-state index in [9.17, 15) is 4.57 Å². The molecule has 1 aliphatic carbocycles. The third-order valence-electron chi connectivity index (χ3n) is 3.46. The molecular formula is C15H17BrNO4PS. The number of fused-ring (bicyclic) bond motifs is 3. The lowest BCUT2D eigenvalue weighted by atomic mass is 10.1. The fraction of sp³-hybridized carbons (Fsp3) is 0.400. The SMILES string of the molecule is CCOP(=O)(COc1ccc(Br)c2c1-c1ncsc1C2)OCC. The highest BCUT2D eigenvalue weighted by Crippen LogP contribution is 2.50. The Bertz CT molecular complexity index is 754. The molecule has 0 N–H and O–H groups in total. The van der Waals surface area contributed by atoms with E-state index in [4.69, 9.17) is 13.8 Å². The summed E-state index contributed by atoms with van der Waals surface area (Å²) in [5.41, 5.74) is 4.91. The van der Waals surface area contributed by atoms with Crippen LogP contribution in [0, 0.1) is 0 Å². The van der Waals surface area contributed by atoms with Crippen molar-refractivity contribution < 1.29 is 18.3 Å². The van der Waals surface area contributed by atoms with Gasteiger partial charge in [-0.25, -0.2) is 4.98 Å². The maximum absolute atomic E-state index is 12.6. The predicted octanol–water partition coefficient (Wildman–Crippen LogP) is 5.08. The van der Waals surface area contributed by atoms with Gasteiger partial charge in [0.2, 0.25) is 0 Å². The number of nitrogens with zero attached hydrogens (tertiary/aromatic N) is 1. The zero-order chi connectivity index (χ0) is 16.4. The van der Waals surface area contributed by atoms with Crippen LogP contribution in [0.3, 0.4) is 0 Å². The summed E-state index contributed by atoms with van der Waals surface area (Å²) < 4.78 is 30.0. The van der Waals surface area contributed by atoms with E-state index >= 15 is 0 Å². The van der Waals surface area contributed by atoms with Gasteiger partial charge in [0, 0.05) is 21.3 Å². The first-order valence-electron chi connectivity index (χ1n) is 7.33. The minimum atomic E-state index is -3.24. The monoisotopic (exact) mass is 417 g/mol. The molecule has 0 fully saturated rings. The first-order chi connectivity index (χ1) is 11.1. The Kier molecular flexibility index (Phi) is 5.23. The average molecular weight is 418 g/mol. The molecule has 1 aliphatic rings. The molecular weight excluding hydrogens is 401 g/mol. The van der Waals surface area contributed by atoms with E-state index in [1.165, 1.54) is 4.88 Å². The molecule has 0 atom stereocenters. The summed E-state index contributed by atoms with van der Waals surface area (Å²) >= 11 is 5.22. The smallest absolute Gasteiger partial charge is 0.367 e. The molecule has 0 bridgehead atoms. The topological polar surface area (TPSA) is 57.7 Å². The van der Waals surface area contributed by atoms with E-state index in [1.54, 1.807) is 25.2 Å². The van der Waals surface area contributed by atoms with E-state index in [-0.39, 0.29) is 6.35 Å². The first-order valence-corrected chi connectivity index (χ1v) is 10.7. The van der Waals surface area contributed by atoms with Crippen molar-refractivity contribution in [2.45, 2.75) is 20.3 Å². The van der Waals surface area contributed by atoms with Gasteiger partial charge in [0.05, 0.1) is 24.4 Å². The standard InChI is InChI=1S/C15H17BrNO4PS/c1-3-20-22(18,21-4-2)9-19-12-6-5-11(16)10-7-13-15(14(10)12)17-8-23-13/h5-6,8H,3-4,7,9H2,1-2H3. The maximum atomic E-state index is 12.6. The Morgan fingerprint density at radius 2 is 2.04 bits per heavy atom. The van der Waals surface area contributed by atoms with Gasteiger partial charge in [0.15, 0.2) is 6.35 Å². The van der Waals surface area contributed by atoms with Crippen molar-refractivity contribution in [1.82, 2.24) is 4.98 Å². The molecule has 3 rings (SSSR count). The lowest BCUT2D eigenvalue weighted by Gasteiger charge is -2.18. The average Bonchev–Trinajstić information content (AvgIpc) is 3.09. The van der Waals surface area contributed by atoms with Crippen molar-refractivity contribution in [1.29, 1.82) is 0 Å². The van der Waals surface area contributed by atoms with Crippen molar-refractivity contribution in [3.63, 3.8) is 0 Å². The van der Waals surface area contributed by atoms with E-state index in [0.29, 0.717) is 19.0 Å². The van der Waals surface area contributed by atoms with Crippen LogP contribution < -0.4 is 4.74 Å². The van der Waals surface area contributed by atoms with Crippen LogP contribution in [0.4, 0.5) is 0 Å². The Hall–Kier alpha value is -0.720. The van der Waals surface area contributed by atoms with Crippen molar-refractivity contribution in [3.8, 4) is 17.0 Å². The quantitative estimate of drug-likeness (QED) is 0.501. The van der Waals surface area contributed by atoms with E-state index < -0.39 is 7.60 Å². The van der Waals surface area contributed by atoms with Crippen molar-refractivity contribution >= 4 is 34.9 Å². The largest absolute Gasteiger partial charge is 0.480 e. The zero-order valence-corrected chi connectivity index (χ0v) is 16.2. The highest BCUT2D eigenvalue weighted by atomic mass is 79.9. The molecule has 124 valence electrons. The molecule has 0 spiro atoms. The van der Waals surface area contributed by atoms with Gasteiger partial charge < -0.3 is 13.8 Å². The van der Waals surface area contributed by atoms with E-state index in [2.05, 4.69) is 20.9 Å². The Labute approximate surface area is 147 Å². The third-order valence-corrected chi connectivity index (χ3v) is 6.79. The maximum Gasteiger partial charge on any atom is 0.367 e. The Balaban J connectivity index is 1.88. The molecule has 0 saturated carbocycles. The number of benzene rings is 1. The van der Waals surface area contributed by atoms with Crippen LogP contribution in [0.2, 0.25) is 0 Å². The van der Waals surface area contributed by atoms with Gasteiger partial charge in [-0.3, -0.25) is 4.57 Å². The molecule has 1 aromatic carbocycles. The molecule has 23 heavy (non-hydrogen) atoms. The van der Waals surface area contributed by atoms with Crippen LogP contribution in [0.25, 0.3) is 11.3 Å². The van der Waals surface area contributed by atoms with Gasteiger partial charge in [0.25, 0.3) is 0 Å². The lowest BCUT2D eigenvalue weighted by Crippen LogP contribution is -2.06. The highest BCUT2D eigenvalue weighted by molar-refractivity contribution is 9.10. The summed E-state index contributed by atoms with van der Waals surface area (Å²) in [4.78, 5) is 5.66. The summed E-state index contributed by atoms with van der Waals surface area (Å²) in [6.07, 6.45) is 0.726. The lowest BCUT2D eigenvalue weighted by molar-refractivity contribution is 0.197. The van der Waals surface area contributed by atoms with Gasteiger partial charge in [-0.2, -0.15) is 0 Å². The van der Waals surface area contributed by atoms with Gasteiger partial charge in [-0.05, 0) is 31.5 Å². The molecule has 1 heterocycles. The summed E-state index contributed by atoms with van der Waals surface area (Å²) in [5.74, 6) is 0.660. The van der Waals surface area contributed by atoms with Crippen molar-refractivity contribution in [3.05, 3.63) is 32.6 Å². The second-order valence-electron chi connectivity index (χ2n) is 4.92. The number of rotatable bonds is 7. The molecule has 0 radical (unpaired) electrons. The number of hydrogen-bond acceptors (Lipinski definition) is 6. The summed E-state index contributed by atoms with van der Waals surface area (Å²) in [6.45, 7) is 4.19. The van der Waals surface area contributed by atoms with E-state index in [1.807, 2.05) is 17.6 Å². The molecule has 0 unspecified atom stereocenters. The fourth-order valence-electron chi connectivity index (χ4n) is 2.57. The van der Waals surface area contributed by atoms with Crippen molar-refractivity contribution in [2.75, 3.05) is 19.6 Å². The van der Waals surface area contributed by atoms with Crippen molar-refractivity contribution in [2.24, 2.45) is 0 Å². The molecule has 0 amide bonds.